The molecule has 0 aliphatic carbocycles. The minimum atomic E-state index is -0.0693. The lowest BCUT2D eigenvalue weighted by atomic mass is 9.99. The Morgan fingerprint density at radius 2 is 1.82 bits per heavy atom. The van der Waals surface area contributed by atoms with Crippen LogP contribution >= 0.6 is 0 Å². The average molecular weight is 297 g/mol. The Labute approximate surface area is 131 Å². The van der Waals surface area contributed by atoms with Crippen molar-refractivity contribution in [1.29, 1.82) is 0 Å². The van der Waals surface area contributed by atoms with Gasteiger partial charge in [0.15, 0.2) is 0 Å². The second kappa shape index (κ2) is 6.26. The van der Waals surface area contributed by atoms with E-state index in [1.54, 1.807) is 0 Å². The monoisotopic (exact) mass is 297 g/mol. The molecule has 1 aliphatic rings. The highest BCUT2D eigenvalue weighted by molar-refractivity contribution is 6.04. The summed E-state index contributed by atoms with van der Waals surface area (Å²) in [5, 5.41) is 2.94. The van der Waals surface area contributed by atoms with Gasteiger partial charge in [0.25, 0.3) is 5.91 Å². The van der Waals surface area contributed by atoms with E-state index in [0.29, 0.717) is 5.56 Å². The van der Waals surface area contributed by atoms with Crippen LogP contribution in [0, 0.1) is 5.92 Å². The zero-order chi connectivity index (χ0) is 15.5. The lowest BCUT2D eigenvalue weighted by molar-refractivity contribution is 0.102. The number of carbonyl (C=O) groups excluding carboxylic acids is 1. The zero-order valence-corrected chi connectivity index (χ0v) is 13.2. The number of benzene rings is 1. The molecule has 0 saturated carbocycles. The summed E-state index contributed by atoms with van der Waals surface area (Å²) < 4.78 is 1.87. The van der Waals surface area contributed by atoms with Crippen molar-refractivity contribution >= 4 is 17.3 Å². The first-order valence-corrected chi connectivity index (χ1v) is 7.90. The van der Waals surface area contributed by atoms with Crippen LogP contribution in [0.25, 0.3) is 0 Å². The van der Waals surface area contributed by atoms with E-state index in [-0.39, 0.29) is 5.91 Å². The highest BCUT2D eigenvalue weighted by Crippen LogP contribution is 2.24. The zero-order valence-electron chi connectivity index (χ0n) is 13.2. The van der Waals surface area contributed by atoms with Crippen LogP contribution < -0.4 is 10.2 Å². The van der Waals surface area contributed by atoms with Gasteiger partial charge >= 0.3 is 0 Å². The van der Waals surface area contributed by atoms with E-state index in [1.165, 1.54) is 18.5 Å². The molecular formula is C18H23N3O. The summed E-state index contributed by atoms with van der Waals surface area (Å²) in [6.45, 7) is 4.56. The standard InChI is InChI=1S/C18H23N3O/c1-14-7-11-21(12-8-14)17-5-3-16(4-6-17)19-18(22)15-9-10-20(2)13-15/h3-6,9-10,13-14H,7-8,11-12H2,1-2H3,(H,19,22). The topological polar surface area (TPSA) is 37.3 Å². The van der Waals surface area contributed by atoms with Crippen LogP contribution in [0.2, 0.25) is 0 Å². The Hall–Kier alpha value is -2.23. The number of hydrogen-bond donors (Lipinski definition) is 1. The van der Waals surface area contributed by atoms with Gasteiger partial charge in [0.2, 0.25) is 0 Å². The van der Waals surface area contributed by atoms with Crippen LogP contribution in [0.1, 0.15) is 30.1 Å². The van der Waals surface area contributed by atoms with E-state index in [4.69, 9.17) is 0 Å². The molecule has 1 aromatic carbocycles. The molecule has 0 atom stereocenters. The van der Waals surface area contributed by atoms with Crippen molar-refractivity contribution in [2.75, 3.05) is 23.3 Å². The van der Waals surface area contributed by atoms with Gasteiger partial charge in [0.1, 0.15) is 0 Å². The maximum Gasteiger partial charge on any atom is 0.257 e. The first-order valence-electron chi connectivity index (χ1n) is 7.90. The van der Waals surface area contributed by atoms with Gasteiger partial charge in [-0.05, 0) is 49.1 Å². The highest BCUT2D eigenvalue weighted by atomic mass is 16.1. The third-order valence-corrected chi connectivity index (χ3v) is 4.37. The Morgan fingerprint density at radius 3 is 2.41 bits per heavy atom. The molecule has 0 unspecified atom stereocenters. The summed E-state index contributed by atoms with van der Waals surface area (Å²) in [6.07, 6.45) is 6.20. The minimum absolute atomic E-state index is 0.0693. The number of aromatic nitrogens is 1. The van der Waals surface area contributed by atoms with Crippen LogP contribution in [0.5, 0.6) is 0 Å². The Morgan fingerprint density at radius 1 is 1.14 bits per heavy atom. The minimum Gasteiger partial charge on any atom is -0.372 e. The number of nitrogens with zero attached hydrogens (tertiary/aromatic N) is 2. The van der Waals surface area contributed by atoms with E-state index in [0.717, 1.165) is 24.7 Å². The quantitative estimate of drug-likeness (QED) is 0.941. The number of carbonyl (C=O) groups is 1. The molecule has 4 nitrogen and oxygen atoms in total. The third-order valence-electron chi connectivity index (χ3n) is 4.37. The van der Waals surface area contributed by atoms with E-state index >= 15 is 0 Å². The SMILES string of the molecule is CC1CCN(c2ccc(NC(=O)c3ccn(C)c3)cc2)CC1. The number of anilines is 2. The van der Waals surface area contributed by atoms with Crippen molar-refractivity contribution in [3.63, 3.8) is 0 Å². The Bertz CT molecular complexity index is 637. The predicted molar refractivity (Wildman–Crippen MR) is 90.4 cm³/mol. The number of aryl methyl sites for hydroxylation is 1. The molecule has 0 spiro atoms. The molecule has 0 radical (unpaired) electrons. The van der Waals surface area contributed by atoms with Gasteiger partial charge in [-0.1, -0.05) is 6.92 Å². The number of rotatable bonds is 3. The molecule has 2 heterocycles. The maximum absolute atomic E-state index is 12.1. The largest absolute Gasteiger partial charge is 0.372 e. The van der Waals surface area contributed by atoms with Crippen LogP contribution in [-0.2, 0) is 7.05 Å². The summed E-state index contributed by atoms with van der Waals surface area (Å²) in [5.74, 6) is 0.765. The second-order valence-corrected chi connectivity index (χ2v) is 6.24. The molecule has 22 heavy (non-hydrogen) atoms. The van der Waals surface area contributed by atoms with Crippen LogP contribution in [0.4, 0.5) is 11.4 Å². The van der Waals surface area contributed by atoms with Gasteiger partial charge in [-0.25, -0.2) is 0 Å². The molecule has 1 aromatic heterocycles. The van der Waals surface area contributed by atoms with E-state index in [9.17, 15) is 4.79 Å². The van der Waals surface area contributed by atoms with Crippen molar-refractivity contribution in [3.05, 3.63) is 48.3 Å². The molecule has 4 heteroatoms. The van der Waals surface area contributed by atoms with E-state index < -0.39 is 0 Å². The fourth-order valence-electron chi connectivity index (χ4n) is 2.86. The molecular weight excluding hydrogens is 274 g/mol. The molecule has 3 rings (SSSR count). The molecule has 2 aromatic rings. The molecule has 1 fully saturated rings. The van der Waals surface area contributed by atoms with Crippen LogP contribution in [-0.4, -0.2) is 23.6 Å². The van der Waals surface area contributed by atoms with Crippen molar-refractivity contribution < 1.29 is 4.79 Å². The number of hydrogen-bond acceptors (Lipinski definition) is 2. The maximum atomic E-state index is 12.1. The van der Waals surface area contributed by atoms with Crippen LogP contribution in [0.3, 0.4) is 0 Å². The fourth-order valence-corrected chi connectivity index (χ4v) is 2.86. The summed E-state index contributed by atoms with van der Waals surface area (Å²) in [4.78, 5) is 14.5. The molecule has 1 N–H and O–H groups in total. The molecule has 116 valence electrons. The molecule has 0 bridgehead atoms. The van der Waals surface area contributed by atoms with Gasteiger partial charge in [-0.15, -0.1) is 0 Å². The lowest BCUT2D eigenvalue weighted by Gasteiger charge is -2.32. The van der Waals surface area contributed by atoms with Gasteiger partial charge in [-0.2, -0.15) is 0 Å². The van der Waals surface area contributed by atoms with Crippen molar-refractivity contribution in [2.45, 2.75) is 19.8 Å². The average Bonchev–Trinajstić information content (AvgIpc) is 2.96. The Balaban J connectivity index is 1.63. The summed E-state index contributed by atoms with van der Waals surface area (Å²) in [6, 6.07) is 9.97. The molecule has 1 amide bonds. The lowest BCUT2D eigenvalue weighted by Crippen LogP contribution is -2.32. The molecule has 1 saturated heterocycles. The predicted octanol–water partition coefficient (Wildman–Crippen LogP) is 3.51. The van der Waals surface area contributed by atoms with E-state index in [2.05, 4.69) is 29.3 Å². The van der Waals surface area contributed by atoms with Crippen LogP contribution in [0.15, 0.2) is 42.7 Å². The van der Waals surface area contributed by atoms with Crippen molar-refractivity contribution in [1.82, 2.24) is 4.57 Å². The second-order valence-electron chi connectivity index (χ2n) is 6.24. The Kier molecular flexibility index (Phi) is 4.18. The smallest absolute Gasteiger partial charge is 0.257 e. The summed E-state index contributed by atoms with van der Waals surface area (Å²) in [7, 11) is 1.91. The summed E-state index contributed by atoms with van der Waals surface area (Å²) >= 11 is 0. The van der Waals surface area contributed by atoms with Gasteiger partial charge in [0, 0.05) is 43.9 Å². The van der Waals surface area contributed by atoms with Gasteiger partial charge in [-0.3, -0.25) is 4.79 Å². The van der Waals surface area contributed by atoms with Crippen molar-refractivity contribution in [3.8, 4) is 0 Å². The first-order chi connectivity index (χ1) is 10.6. The third kappa shape index (κ3) is 3.32. The summed E-state index contributed by atoms with van der Waals surface area (Å²) in [5.41, 5.74) is 2.75. The normalized spacial score (nSPS) is 15.8. The van der Waals surface area contributed by atoms with Gasteiger partial charge < -0.3 is 14.8 Å². The van der Waals surface area contributed by atoms with Gasteiger partial charge in [0.05, 0.1) is 5.56 Å². The first kappa shape index (κ1) is 14.7. The molecule has 1 aliphatic heterocycles. The van der Waals surface area contributed by atoms with E-state index in [1.807, 2.05) is 42.2 Å². The number of piperidine rings is 1. The number of amides is 1. The highest BCUT2D eigenvalue weighted by Gasteiger charge is 2.16. The fraction of sp³-hybridized carbons (Fsp3) is 0.389. The van der Waals surface area contributed by atoms with Crippen molar-refractivity contribution in [2.24, 2.45) is 13.0 Å². The number of nitrogens with one attached hydrogen (secondary N) is 1.